The highest BCUT2D eigenvalue weighted by Crippen LogP contribution is 2.35. The average Bonchev–Trinajstić information content (AvgIpc) is 3.16. The van der Waals surface area contributed by atoms with Crippen molar-refractivity contribution in [2.45, 2.75) is 64.5 Å². The zero-order valence-electron chi connectivity index (χ0n) is 19.3. The zero-order chi connectivity index (χ0) is 24.8. The molecule has 13 heteroatoms. The summed E-state index contributed by atoms with van der Waals surface area (Å²) >= 11 is 0. The van der Waals surface area contributed by atoms with Crippen LogP contribution in [0.4, 0.5) is 30.6 Å². The monoisotopic (exact) mass is 480 g/mol. The van der Waals surface area contributed by atoms with Crippen LogP contribution in [0.5, 0.6) is 0 Å². The number of carbonyl (C=O) groups is 2. The number of amides is 2. The van der Waals surface area contributed by atoms with Gasteiger partial charge in [0.25, 0.3) is 0 Å². The molecule has 0 spiro atoms. The molecule has 2 aromatic rings. The highest BCUT2D eigenvalue weighted by molar-refractivity contribution is 6.03. The third-order valence-electron chi connectivity index (χ3n) is 6.04. The van der Waals surface area contributed by atoms with E-state index in [0.717, 1.165) is 16.9 Å². The van der Waals surface area contributed by atoms with Gasteiger partial charge in [-0.2, -0.15) is 23.3 Å². The Hall–Kier alpha value is -3.38. The first kappa shape index (κ1) is 23.8. The number of nitrogens with one attached hydrogen (secondary N) is 3. The van der Waals surface area contributed by atoms with Crippen molar-refractivity contribution >= 4 is 29.3 Å². The summed E-state index contributed by atoms with van der Waals surface area (Å²) in [4.78, 5) is 35.5. The van der Waals surface area contributed by atoms with Gasteiger partial charge in [0.2, 0.25) is 17.8 Å². The molecule has 2 aromatic heterocycles. The van der Waals surface area contributed by atoms with Gasteiger partial charge in [-0.25, -0.2) is 4.98 Å². The Morgan fingerprint density at radius 1 is 1.26 bits per heavy atom. The highest BCUT2D eigenvalue weighted by Gasteiger charge is 2.37. The van der Waals surface area contributed by atoms with Gasteiger partial charge in [0.05, 0.1) is 5.69 Å². The highest BCUT2D eigenvalue weighted by atomic mass is 19.4. The molecule has 2 aliphatic rings. The molecule has 184 valence electrons. The van der Waals surface area contributed by atoms with Crippen molar-refractivity contribution < 1.29 is 22.8 Å². The molecule has 0 unspecified atom stereocenters. The number of hydrogen-bond donors (Lipinski definition) is 3. The summed E-state index contributed by atoms with van der Waals surface area (Å²) in [7, 11) is 1.84. The molecule has 1 aliphatic heterocycles. The Kier molecular flexibility index (Phi) is 6.13. The molecule has 1 atom stereocenters. The summed E-state index contributed by atoms with van der Waals surface area (Å²) in [5.74, 6) is 0.697. The number of likely N-dealkylation sites (N-methyl/N-ethyl adjacent to an activating group) is 1. The van der Waals surface area contributed by atoms with E-state index >= 15 is 0 Å². The summed E-state index contributed by atoms with van der Waals surface area (Å²) in [5, 5.41) is 12.4. The van der Waals surface area contributed by atoms with Crippen molar-refractivity contribution in [2.75, 3.05) is 22.6 Å². The van der Waals surface area contributed by atoms with E-state index in [-0.39, 0.29) is 36.5 Å². The number of carbonyl (C=O) groups excluding carboxylic acids is 2. The van der Waals surface area contributed by atoms with Gasteiger partial charge in [0.1, 0.15) is 18.3 Å². The molecule has 0 bridgehead atoms. The van der Waals surface area contributed by atoms with Gasteiger partial charge < -0.3 is 20.9 Å². The maximum absolute atomic E-state index is 12.6. The second-order valence-corrected chi connectivity index (χ2v) is 9.09. The van der Waals surface area contributed by atoms with Crippen LogP contribution in [0.2, 0.25) is 0 Å². The van der Waals surface area contributed by atoms with E-state index in [2.05, 4.69) is 31.0 Å². The van der Waals surface area contributed by atoms with Gasteiger partial charge in [0.15, 0.2) is 11.5 Å². The molecule has 1 aliphatic carbocycles. The van der Waals surface area contributed by atoms with Crippen molar-refractivity contribution in [3.05, 3.63) is 23.7 Å². The van der Waals surface area contributed by atoms with Gasteiger partial charge >= 0.3 is 6.18 Å². The second kappa shape index (κ2) is 8.76. The number of nitrogens with zero attached hydrogens (tertiary/aromatic N) is 5. The number of rotatable bonds is 6. The summed E-state index contributed by atoms with van der Waals surface area (Å²) in [6.45, 7) is 5.47. The number of anilines is 3. The van der Waals surface area contributed by atoms with Crippen LogP contribution in [-0.2, 0) is 22.3 Å². The predicted molar refractivity (Wildman–Crippen MR) is 118 cm³/mol. The first-order chi connectivity index (χ1) is 15.9. The summed E-state index contributed by atoms with van der Waals surface area (Å²) in [6.07, 6.45) is -2.16. The van der Waals surface area contributed by atoms with Crippen LogP contribution in [-0.4, -0.2) is 56.7 Å². The summed E-state index contributed by atoms with van der Waals surface area (Å²) in [5.41, 5.74) is 0.219. The van der Waals surface area contributed by atoms with Crippen molar-refractivity contribution in [1.82, 2.24) is 25.1 Å². The zero-order valence-corrected chi connectivity index (χ0v) is 19.3. The topological polar surface area (TPSA) is 117 Å². The second-order valence-electron chi connectivity index (χ2n) is 9.09. The van der Waals surface area contributed by atoms with Gasteiger partial charge in [-0.1, -0.05) is 13.8 Å². The quantitative estimate of drug-likeness (QED) is 0.580. The van der Waals surface area contributed by atoms with Crippen LogP contribution >= 0.6 is 0 Å². The van der Waals surface area contributed by atoms with E-state index in [9.17, 15) is 22.8 Å². The van der Waals surface area contributed by atoms with E-state index in [1.807, 2.05) is 25.8 Å². The van der Waals surface area contributed by atoms with Crippen LogP contribution in [0.25, 0.3) is 0 Å². The first-order valence-electron chi connectivity index (χ1n) is 11.0. The molecular formula is C21H27F3N8O2. The molecule has 4 rings (SSSR count). The van der Waals surface area contributed by atoms with Crippen LogP contribution < -0.4 is 20.9 Å². The fourth-order valence-corrected chi connectivity index (χ4v) is 4.34. The van der Waals surface area contributed by atoms with Gasteiger partial charge in [-0.3, -0.25) is 14.3 Å². The predicted octanol–water partition coefficient (Wildman–Crippen LogP) is 2.17. The Bertz CT molecular complexity index is 1090. The largest absolute Gasteiger partial charge is 0.435 e. The van der Waals surface area contributed by atoms with Crippen molar-refractivity contribution in [2.24, 2.45) is 5.92 Å². The number of aromatic nitrogens is 4. The molecule has 0 saturated heterocycles. The van der Waals surface area contributed by atoms with Gasteiger partial charge in [-0.15, -0.1) is 0 Å². The molecule has 10 nitrogen and oxygen atoms in total. The average molecular weight is 480 g/mol. The lowest BCUT2D eigenvalue weighted by molar-refractivity contribution is -0.141. The SMILES string of the molecule is Cc1nc(N[C@H]2C[C@@H](NC(=O)Cn3ccc(C(F)(F)F)n3)C2)nc2c1NC(=O)[C@H](C(C)C)N2C. The minimum atomic E-state index is -4.54. The minimum absolute atomic E-state index is 0.0358. The van der Waals surface area contributed by atoms with E-state index in [0.29, 0.717) is 36.0 Å². The lowest BCUT2D eigenvalue weighted by Crippen LogP contribution is -2.51. The number of fused-ring (bicyclic) bond motifs is 1. The van der Waals surface area contributed by atoms with Gasteiger partial charge in [-0.05, 0) is 31.7 Å². The molecule has 3 heterocycles. The van der Waals surface area contributed by atoms with Crippen LogP contribution in [0.3, 0.4) is 0 Å². The fourth-order valence-electron chi connectivity index (χ4n) is 4.34. The number of halogens is 3. The number of aryl methyl sites for hydroxylation is 1. The molecule has 1 saturated carbocycles. The van der Waals surface area contributed by atoms with E-state index in [4.69, 9.17) is 0 Å². The van der Waals surface area contributed by atoms with Crippen LogP contribution in [0, 0.1) is 12.8 Å². The Labute approximate surface area is 194 Å². The minimum Gasteiger partial charge on any atom is -0.352 e. The molecule has 2 amide bonds. The lowest BCUT2D eigenvalue weighted by atomic mass is 9.87. The third-order valence-corrected chi connectivity index (χ3v) is 6.04. The standard InChI is InChI=1S/C21H27F3N8O2/c1-10(2)17-19(34)28-16-11(3)25-20(29-18(16)31(17)4)27-13-7-12(8-13)26-15(33)9-32-6-5-14(30-32)21(22,23)24/h5-6,10,12-13,17H,7-9H2,1-4H3,(H,26,33)(H,28,34)(H,25,27,29)/t12-,13+,17-/m0/s1. The molecule has 3 N–H and O–H groups in total. The molecule has 0 radical (unpaired) electrons. The lowest BCUT2D eigenvalue weighted by Gasteiger charge is -2.38. The number of hydrogen-bond acceptors (Lipinski definition) is 7. The normalized spacial score (nSPS) is 22.2. The molecule has 1 fully saturated rings. The van der Waals surface area contributed by atoms with Crippen molar-refractivity contribution in [1.29, 1.82) is 0 Å². The summed E-state index contributed by atoms with van der Waals surface area (Å²) in [6, 6.07) is 0.436. The Balaban J connectivity index is 1.31. The Morgan fingerprint density at radius 2 is 1.97 bits per heavy atom. The van der Waals surface area contributed by atoms with Crippen LogP contribution in [0.15, 0.2) is 12.3 Å². The first-order valence-corrected chi connectivity index (χ1v) is 11.0. The molecule has 34 heavy (non-hydrogen) atoms. The van der Waals surface area contributed by atoms with Crippen molar-refractivity contribution in [3.8, 4) is 0 Å². The van der Waals surface area contributed by atoms with Gasteiger partial charge in [0, 0.05) is 25.3 Å². The fraction of sp³-hybridized carbons (Fsp3) is 0.571. The Morgan fingerprint density at radius 3 is 2.59 bits per heavy atom. The molecule has 0 aromatic carbocycles. The van der Waals surface area contributed by atoms with Crippen molar-refractivity contribution in [3.63, 3.8) is 0 Å². The molecular weight excluding hydrogens is 453 g/mol. The van der Waals surface area contributed by atoms with E-state index < -0.39 is 17.8 Å². The maximum atomic E-state index is 12.6. The number of alkyl halides is 3. The smallest absolute Gasteiger partial charge is 0.352 e. The van der Waals surface area contributed by atoms with E-state index in [1.54, 1.807) is 6.92 Å². The van der Waals surface area contributed by atoms with E-state index in [1.165, 1.54) is 0 Å². The summed E-state index contributed by atoms with van der Waals surface area (Å²) < 4.78 is 38.9. The maximum Gasteiger partial charge on any atom is 0.435 e. The van der Waals surface area contributed by atoms with Crippen LogP contribution in [0.1, 0.15) is 38.1 Å². The third kappa shape index (κ3) is 4.77.